The van der Waals surface area contributed by atoms with Gasteiger partial charge in [-0.05, 0) is 44.2 Å². The van der Waals surface area contributed by atoms with E-state index in [4.69, 9.17) is 5.73 Å². The van der Waals surface area contributed by atoms with Gasteiger partial charge in [0.1, 0.15) is 5.75 Å². The minimum Gasteiger partial charge on any atom is -0.406 e. The third-order valence-electron chi connectivity index (χ3n) is 4.36. The van der Waals surface area contributed by atoms with Crippen LogP contribution in [0.25, 0.3) is 16.8 Å². The molecule has 1 amide bonds. The van der Waals surface area contributed by atoms with Crippen LogP contribution < -0.4 is 10.5 Å². The number of nitro groups is 1. The number of aromatic nitrogens is 2. The van der Waals surface area contributed by atoms with E-state index in [0.29, 0.717) is 22.6 Å². The molecule has 1 heterocycles. The van der Waals surface area contributed by atoms with E-state index in [-0.39, 0.29) is 16.8 Å². The molecule has 2 N–H and O–H groups in total. The molecule has 30 heavy (non-hydrogen) atoms. The van der Waals surface area contributed by atoms with Gasteiger partial charge in [-0.2, -0.15) is 5.10 Å². The summed E-state index contributed by atoms with van der Waals surface area (Å²) in [7, 11) is 0. The summed E-state index contributed by atoms with van der Waals surface area (Å²) >= 11 is 0. The zero-order chi connectivity index (χ0) is 22.2. The molecule has 0 fully saturated rings. The third kappa shape index (κ3) is 4.09. The van der Waals surface area contributed by atoms with Gasteiger partial charge in [-0.15, -0.1) is 13.2 Å². The predicted molar refractivity (Wildman–Crippen MR) is 100 cm³/mol. The first-order chi connectivity index (χ1) is 14.0. The molecular formula is C19H15F3N4O4. The van der Waals surface area contributed by atoms with Crippen LogP contribution in [0, 0.1) is 24.0 Å². The fourth-order valence-corrected chi connectivity index (χ4v) is 3.14. The van der Waals surface area contributed by atoms with Crippen LogP contribution in [0.3, 0.4) is 0 Å². The van der Waals surface area contributed by atoms with Gasteiger partial charge in [0, 0.05) is 34.5 Å². The van der Waals surface area contributed by atoms with Crippen molar-refractivity contribution in [3.05, 3.63) is 69.5 Å². The van der Waals surface area contributed by atoms with Crippen LogP contribution in [0.5, 0.6) is 5.75 Å². The second kappa shape index (κ2) is 7.50. The van der Waals surface area contributed by atoms with Gasteiger partial charge in [0.25, 0.3) is 5.69 Å². The van der Waals surface area contributed by atoms with Crippen molar-refractivity contribution in [1.82, 2.24) is 9.78 Å². The average molecular weight is 420 g/mol. The summed E-state index contributed by atoms with van der Waals surface area (Å²) in [4.78, 5) is 22.2. The molecule has 1 aromatic heterocycles. The Balaban J connectivity index is 2.15. The molecule has 11 heteroatoms. The van der Waals surface area contributed by atoms with Crippen molar-refractivity contribution in [1.29, 1.82) is 0 Å². The lowest BCUT2D eigenvalue weighted by atomic mass is 9.97. The number of amides is 1. The number of carbonyl (C=O) groups is 1. The minimum atomic E-state index is -4.90. The Morgan fingerprint density at radius 1 is 1.17 bits per heavy atom. The quantitative estimate of drug-likeness (QED) is 0.494. The standard InChI is InChI=1S/C19H15F3N4O4/c1-10-17(11(2)25(24-10)12-3-5-13(6-4-12)26(28)29)16-9-14(30-19(20,21)22)7-8-15(16)18(23)27/h3-9H,1-2H3,(H2,23,27). The molecule has 3 rings (SSSR count). The molecule has 8 nitrogen and oxygen atoms in total. The molecule has 0 aliphatic carbocycles. The lowest BCUT2D eigenvalue weighted by Crippen LogP contribution is -2.18. The van der Waals surface area contributed by atoms with Gasteiger partial charge in [-0.1, -0.05) is 0 Å². The van der Waals surface area contributed by atoms with Crippen LogP contribution in [0.15, 0.2) is 42.5 Å². The van der Waals surface area contributed by atoms with Crippen molar-refractivity contribution in [2.45, 2.75) is 20.2 Å². The van der Waals surface area contributed by atoms with Crippen LogP contribution in [0.2, 0.25) is 0 Å². The highest BCUT2D eigenvalue weighted by atomic mass is 19.4. The number of ether oxygens (including phenoxy) is 1. The number of non-ortho nitro benzene ring substituents is 1. The number of benzene rings is 2. The fraction of sp³-hybridized carbons (Fsp3) is 0.158. The Morgan fingerprint density at radius 2 is 1.80 bits per heavy atom. The first-order valence-electron chi connectivity index (χ1n) is 8.49. The highest BCUT2D eigenvalue weighted by Gasteiger charge is 2.32. The largest absolute Gasteiger partial charge is 0.573 e. The second-order valence-corrected chi connectivity index (χ2v) is 6.35. The van der Waals surface area contributed by atoms with E-state index in [1.54, 1.807) is 13.8 Å². The number of hydrogen-bond acceptors (Lipinski definition) is 5. The van der Waals surface area contributed by atoms with Crippen molar-refractivity contribution < 1.29 is 27.6 Å². The van der Waals surface area contributed by atoms with Gasteiger partial charge in [-0.25, -0.2) is 4.68 Å². The number of rotatable bonds is 5. The number of nitro benzene ring substituents is 1. The monoisotopic (exact) mass is 420 g/mol. The van der Waals surface area contributed by atoms with Crippen LogP contribution in [0.4, 0.5) is 18.9 Å². The zero-order valence-corrected chi connectivity index (χ0v) is 15.7. The van der Waals surface area contributed by atoms with Gasteiger partial charge >= 0.3 is 6.36 Å². The molecule has 2 aromatic carbocycles. The van der Waals surface area contributed by atoms with Crippen molar-refractivity contribution in [3.63, 3.8) is 0 Å². The number of primary amides is 1. The molecular weight excluding hydrogens is 405 g/mol. The topological polar surface area (TPSA) is 113 Å². The molecule has 0 bridgehead atoms. The number of carbonyl (C=O) groups excluding carboxylic acids is 1. The molecule has 0 spiro atoms. The minimum absolute atomic E-state index is 0.000950. The Bertz CT molecular complexity index is 1140. The molecule has 0 aliphatic rings. The maximum atomic E-state index is 12.6. The van der Waals surface area contributed by atoms with Crippen LogP contribution in [-0.4, -0.2) is 27.0 Å². The molecule has 0 atom stereocenters. The van der Waals surface area contributed by atoms with Gasteiger partial charge in [0.2, 0.25) is 5.91 Å². The Labute approximate surface area is 167 Å². The van der Waals surface area contributed by atoms with Crippen LogP contribution in [-0.2, 0) is 0 Å². The number of halogens is 3. The predicted octanol–water partition coefficient (Wildman–Crippen LogP) is 4.06. The van der Waals surface area contributed by atoms with Gasteiger partial charge in [0.05, 0.1) is 16.3 Å². The maximum Gasteiger partial charge on any atom is 0.573 e. The van der Waals surface area contributed by atoms with Crippen molar-refractivity contribution in [2.75, 3.05) is 0 Å². The summed E-state index contributed by atoms with van der Waals surface area (Å²) in [5.74, 6) is -1.34. The summed E-state index contributed by atoms with van der Waals surface area (Å²) < 4.78 is 43.3. The van der Waals surface area contributed by atoms with Crippen molar-refractivity contribution in [3.8, 4) is 22.6 Å². The van der Waals surface area contributed by atoms with Gasteiger partial charge in [-0.3, -0.25) is 14.9 Å². The number of nitrogens with two attached hydrogens (primary N) is 1. The van der Waals surface area contributed by atoms with Crippen molar-refractivity contribution >= 4 is 11.6 Å². The summed E-state index contributed by atoms with van der Waals surface area (Å²) in [6.45, 7) is 3.27. The Hall–Kier alpha value is -3.89. The zero-order valence-electron chi connectivity index (χ0n) is 15.7. The van der Waals surface area contributed by atoms with E-state index in [1.807, 2.05) is 0 Å². The first kappa shape index (κ1) is 20.8. The molecule has 0 saturated heterocycles. The van der Waals surface area contributed by atoms with E-state index in [2.05, 4.69) is 9.84 Å². The highest BCUT2D eigenvalue weighted by molar-refractivity contribution is 6.00. The molecule has 0 radical (unpaired) electrons. The van der Waals surface area contributed by atoms with Crippen LogP contribution >= 0.6 is 0 Å². The summed E-state index contributed by atoms with van der Waals surface area (Å²) in [6, 6.07) is 8.81. The summed E-state index contributed by atoms with van der Waals surface area (Å²) in [5, 5.41) is 15.2. The maximum absolute atomic E-state index is 12.6. The third-order valence-corrected chi connectivity index (χ3v) is 4.36. The van der Waals surface area contributed by atoms with E-state index in [1.165, 1.54) is 28.9 Å². The Morgan fingerprint density at radius 3 is 2.33 bits per heavy atom. The first-order valence-corrected chi connectivity index (χ1v) is 8.49. The van der Waals surface area contributed by atoms with E-state index >= 15 is 0 Å². The summed E-state index contributed by atoms with van der Waals surface area (Å²) in [5.41, 5.74) is 7.23. The smallest absolute Gasteiger partial charge is 0.406 e. The van der Waals surface area contributed by atoms with E-state index in [9.17, 15) is 28.1 Å². The number of aryl methyl sites for hydroxylation is 1. The molecule has 3 aromatic rings. The molecule has 0 unspecified atom stereocenters. The van der Waals surface area contributed by atoms with Crippen molar-refractivity contribution in [2.24, 2.45) is 5.73 Å². The molecule has 0 aliphatic heterocycles. The van der Waals surface area contributed by atoms with Gasteiger partial charge < -0.3 is 10.5 Å². The molecule has 0 saturated carbocycles. The lowest BCUT2D eigenvalue weighted by molar-refractivity contribution is -0.384. The second-order valence-electron chi connectivity index (χ2n) is 6.35. The normalized spacial score (nSPS) is 11.4. The van der Waals surface area contributed by atoms with Crippen LogP contribution in [0.1, 0.15) is 21.7 Å². The lowest BCUT2D eigenvalue weighted by Gasteiger charge is -2.13. The number of nitrogens with zero attached hydrogens (tertiary/aromatic N) is 3. The van der Waals surface area contributed by atoms with E-state index in [0.717, 1.165) is 18.2 Å². The average Bonchev–Trinajstić information content (AvgIpc) is 2.94. The summed E-state index contributed by atoms with van der Waals surface area (Å²) in [6.07, 6.45) is -4.90. The number of alkyl halides is 3. The SMILES string of the molecule is Cc1nn(-c2ccc([N+](=O)[O-])cc2)c(C)c1-c1cc(OC(F)(F)F)ccc1C(N)=O. The number of hydrogen-bond donors (Lipinski definition) is 1. The fourth-order valence-electron chi connectivity index (χ4n) is 3.14. The van der Waals surface area contributed by atoms with Gasteiger partial charge in [0.15, 0.2) is 0 Å². The van der Waals surface area contributed by atoms with E-state index < -0.39 is 22.9 Å². The highest BCUT2D eigenvalue weighted by Crippen LogP contribution is 2.35. The molecule has 156 valence electrons. The Kier molecular flexibility index (Phi) is 5.21.